The summed E-state index contributed by atoms with van der Waals surface area (Å²) in [5, 5.41) is 9.40. The Hall–Kier alpha value is -4.42. The molecule has 44 heavy (non-hydrogen) atoms. The van der Waals surface area contributed by atoms with E-state index < -0.39 is 20.4 Å². The van der Waals surface area contributed by atoms with E-state index in [-0.39, 0.29) is 58.4 Å². The molecule has 4 N–H and O–H groups in total. The van der Waals surface area contributed by atoms with Crippen molar-refractivity contribution in [3.8, 4) is 34.8 Å². The summed E-state index contributed by atoms with van der Waals surface area (Å²) in [6, 6.07) is 15.0. The predicted molar refractivity (Wildman–Crippen MR) is 159 cm³/mol. The number of sulfonamides is 1. The average molecular weight is 650 g/mol. The molecule has 0 atom stereocenters. The van der Waals surface area contributed by atoms with Crippen LogP contribution in [0, 0.1) is 0 Å². The minimum Gasteiger partial charge on any atom is -0.493 e. The Bertz CT molecular complexity index is 1760. The van der Waals surface area contributed by atoms with Crippen LogP contribution >= 0.6 is 0 Å². The highest BCUT2D eigenvalue weighted by atomic mass is 32.3. The zero-order chi connectivity index (χ0) is 32.5. The normalized spacial score (nSPS) is 11.6. The maximum absolute atomic E-state index is 13.5. The molecule has 4 aromatic rings. The summed E-state index contributed by atoms with van der Waals surface area (Å²) in [4.78, 5) is 17.1. The highest BCUT2D eigenvalue weighted by Gasteiger charge is 2.26. The van der Waals surface area contributed by atoms with E-state index in [0.717, 1.165) is 5.56 Å². The van der Waals surface area contributed by atoms with Crippen molar-refractivity contribution in [2.24, 2.45) is 0 Å². The molecule has 0 saturated carbocycles. The number of methoxy groups -OCH3 is 1. The number of aliphatic hydroxyl groups excluding tert-OH is 1. The second-order valence-electron chi connectivity index (χ2n) is 9.76. The molecule has 0 bridgehead atoms. The van der Waals surface area contributed by atoms with Crippen molar-refractivity contribution >= 4 is 26.2 Å². The number of aliphatic hydroxyl groups is 1. The van der Waals surface area contributed by atoms with E-state index in [0.29, 0.717) is 5.75 Å². The fraction of sp³-hybridized carbons (Fsp3) is 0.259. The molecule has 4 rings (SSSR count). The van der Waals surface area contributed by atoms with Crippen molar-refractivity contribution in [2.75, 3.05) is 25.0 Å². The average Bonchev–Trinajstić information content (AvgIpc) is 2.96. The van der Waals surface area contributed by atoms with Gasteiger partial charge >= 0.3 is 10.4 Å². The lowest BCUT2D eigenvalue weighted by molar-refractivity contribution is 0.192. The largest absolute Gasteiger partial charge is 0.493 e. The molecular formula is C27H31N5O10S2. The predicted octanol–water partition coefficient (Wildman–Crippen LogP) is 3.55. The number of anilines is 1. The minimum atomic E-state index is -4.67. The van der Waals surface area contributed by atoms with Crippen molar-refractivity contribution in [3.63, 3.8) is 0 Å². The smallest absolute Gasteiger partial charge is 0.394 e. The maximum Gasteiger partial charge on any atom is 0.394 e. The first-order valence-electron chi connectivity index (χ1n) is 12.7. The number of ether oxygens (including phenoxy) is 3. The molecule has 0 fully saturated rings. The van der Waals surface area contributed by atoms with E-state index >= 15 is 0 Å². The van der Waals surface area contributed by atoms with E-state index in [1.165, 1.54) is 31.6 Å². The van der Waals surface area contributed by atoms with Gasteiger partial charge in [-0.25, -0.2) is 23.4 Å². The summed E-state index contributed by atoms with van der Waals surface area (Å²) < 4.78 is 78.2. The first-order chi connectivity index (χ1) is 20.6. The third-order valence-electron chi connectivity index (χ3n) is 5.47. The van der Waals surface area contributed by atoms with Gasteiger partial charge in [-0.2, -0.15) is 13.4 Å². The number of hydrogen-bond acceptors (Lipinski definition) is 12. The van der Waals surface area contributed by atoms with Gasteiger partial charge in [0, 0.05) is 12.4 Å². The molecule has 17 heteroatoms. The van der Waals surface area contributed by atoms with Gasteiger partial charge in [-0.1, -0.05) is 45.0 Å². The van der Waals surface area contributed by atoms with Crippen LogP contribution < -0.4 is 18.9 Å². The number of nitrogens with zero attached hydrogens (tertiary/aromatic N) is 4. The summed E-state index contributed by atoms with van der Waals surface area (Å²) in [6.45, 7) is 5.65. The van der Waals surface area contributed by atoms with E-state index in [9.17, 15) is 13.5 Å². The Morgan fingerprint density at radius 2 is 1.43 bits per heavy atom. The quantitative estimate of drug-likeness (QED) is 0.181. The monoisotopic (exact) mass is 649 g/mol. The van der Waals surface area contributed by atoms with Crippen molar-refractivity contribution in [1.82, 2.24) is 19.9 Å². The summed E-state index contributed by atoms with van der Waals surface area (Å²) in [5.74, 6) is 0.271. The van der Waals surface area contributed by atoms with Crippen LogP contribution in [0.4, 0.5) is 5.82 Å². The number of nitrogens with one attached hydrogen (secondary N) is 1. The van der Waals surface area contributed by atoms with Crippen molar-refractivity contribution in [2.45, 2.75) is 31.1 Å². The fourth-order valence-corrected chi connectivity index (χ4v) is 4.48. The number of hydrogen-bond donors (Lipinski definition) is 4. The van der Waals surface area contributed by atoms with Crippen molar-refractivity contribution in [3.05, 3.63) is 72.6 Å². The summed E-state index contributed by atoms with van der Waals surface area (Å²) in [7, 11) is -7.33. The molecule has 236 valence electrons. The van der Waals surface area contributed by atoms with E-state index in [1.54, 1.807) is 42.5 Å². The van der Waals surface area contributed by atoms with E-state index in [4.69, 9.17) is 31.7 Å². The lowest BCUT2D eigenvalue weighted by Crippen LogP contribution is -2.17. The van der Waals surface area contributed by atoms with Gasteiger partial charge in [0.05, 0.1) is 18.6 Å². The van der Waals surface area contributed by atoms with Crippen LogP contribution in [-0.4, -0.2) is 71.3 Å². The number of para-hydroxylation sites is 2. The van der Waals surface area contributed by atoms with Crippen LogP contribution in [0.3, 0.4) is 0 Å². The molecule has 2 aromatic carbocycles. The third kappa shape index (κ3) is 9.81. The fourth-order valence-electron chi connectivity index (χ4n) is 3.48. The van der Waals surface area contributed by atoms with Crippen molar-refractivity contribution in [1.29, 1.82) is 0 Å². The van der Waals surface area contributed by atoms with Gasteiger partial charge in [0.2, 0.25) is 11.6 Å². The zero-order valence-corrected chi connectivity index (χ0v) is 25.7. The standard InChI is InChI=1S/C27H29N5O6S.H2O4S/c1-27(2,3)18-10-12-19(13-11-18)39(34,35)32-23-22(38-21-9-6-5-8-20(21)36-4)26(37-17-16-33)31-25(30-23)24-28-14-7-15-29-24;1-5(2,3)4/h5-15,33H,16-17H2,1-4H3,(H,30,31,32);(H2,1,2,3,4). The zero-order valence-electron chi connectivity index (χ0n) is 24.1. The Morgan fingerprint density at radius 3 is 1.98 bits per heavy atom. The molecule has 0 unspecified atom stereocenters. The highest BCUT2D eigenvalue weighted by molar-refractivity contribution is 7.92. The van der Waals surface area contributed by atoms with Gasteiger partial charge in [-0.15, -0.1) is 0 Å². The van der Waals surface area contributed by atoms with Crippen LogP contribution in [0.5, 0.6) is 23.1 Å². The molecule has 0 saturated heterocycles. The van der Waals surface area contributed by atoms with Gasteiger partial charge in [0.25, 0.3) is 15.9 Å². The van der Waals surface area contributed by atoms with Crippen LogP contribution in [0.2, 0.25) is 0 Å². The molecule has 15 nitrogen and oxygen atoms in total. The van der Waals surface area contributed by atoms with Crippen LogP contribution in [-0.2, 0) is 25.8 Å². The Balaban J connectivity index is 0.000000978. The van der Waals surface area contributed by atoms with Gasteiger partial charge in [-0.3, -0.25) is 13.8 Å². The van der Waals surface area contributed by atoms with Crippen molar-refractivity contribution < 1.29 is 45.3 Å². The SMILES string of the molecule is COc1ccccc1Oc1c(NS(=O)(=O)c2ccc(C(C)(C)C)cc2)nc(-c2ncccn2)nc1OCCO.O=S(=O)(O)O. The van der Waals surface area contributed by atoms with Gasteiger partial charge in [0.15, 0.2) is 23.1 Å². The molecule has 0 aliphatic carbocycles. The highest BCUT2D eigenvalue weighted by Crippen LogP contribution is 2.41. The molecule has 0 aliphatic rings. The molecular weight excluding hydrogens is 618 g/mol. The summed E-state index contributed by atoms with van der Waals surface area (Å²) in [5.41, 5.74) is 0.827. The van der Waals surface area contributed by atoms with E-state index in [2.05, 4.69) is 24.7 Å². The lowest BCUT2D eigenvalue weighted by Gasteiger charge is -2.20. The minimum absolute atomic E-state index is 0.0169. The maximum atomic E-state index is 13.5. The number of aromatic nitrogens is 4. The molecule has 2 heterocycles. The molecule has 0 spiro atoms. The van der Waals surface area contributed by atoms with E-state index in [1.807, 2.05) is 20.8 Å². The number of rotatable bonds is 10. The Labute approximate surface area is 254 Å². The van der Waals surface area contributed by atoms with Crippen LogP contribution in [0.25, 0.3) is 11.6 Å². The molecule has 2 aromatic heterocycles. The second kappa shape index (κ2) is 14.4. The summed E-state index contributed by atoms with van der Waals surface area (Å²) in [6.07, 6.45) is 3.00. The molecule has 0 amide bonds. The molecule has 0 radical (unpaired) electrons. The summed E-state index contributed by atoms with van der Waals surface area (Å²) >= 11 is 0. The number of benzene rings is 2. The van der Waals surface area contributed by atoms with Gasteiger partial charge < -0.3 is 19.3 Å². The Morgan fingerprint density at radius 1 is 0.841 bits per heavy atom. The second-order valence-corrected chi connectivity index (χ2v) is 12.3. The van der Waals surface area contributed by atoms with Gasteiger partial charge in [-0.05, 0) is 41.3 Å². The Kier molecular flexibility index (Phi) is 11.1. The van der Waals surface area contributed by atoms with Gasteiger partial charge in [0.1, 0.15) is 6.61 Å². The molecule has 0 aliphatic heterocycles. The first kappa shape index (κ1) is 34.1. The van der Waals surface area contributed by atoms with Crippen LogP contribution in [0.15, 0.2) is 71.9 Å². The topological polar surface area (TPSA) is 220 Å². The van der Waals surface area contributed by atoms with Crippen LogP contribution in [0.1, 0.15) is 26.3 Å². The first-order valence-corrected chi connectivity index (χ1v) is 15.6. The lowest BCUT2D eigenvalue weighted by atomic mass is 9.87. The third-order valence-corrected chi connectivity index (χ3v) is 6.83.